The predicted molar refractivity (Wildman–Crippen MR) is 80.6 cm³/mol. The zero-order valence-corrected chi connectivity index (χ0v) is 12.9. The van der Waals surface area contributed by atoms with Gasteiger partial charge in [0.2, 0.25) is 0 Å². The number of aromatic nitrogens is 2. The second-order valence-corrected chi connectivity index (χ2v) is 7.29. The van der Waals surface area contributed by atoms with E-state index in [1.54, 1.807) is 0 Å². The van der Waals surface area contributed by atoms with E-state index >= 15 is 0 Å². The average molecular weight is 276 g/mol. The van der Waals surface area contributed by atoms with Crippen molar-refractivity contribution in [3.8, 4) is 0 Å². The van der Waals surface area contributed by atoms with Crippen LogP contribution in [0.2, 0.25) is 0 Å². The van der Waals surface area contributed by atoms with Gasteiger partial charge < -0.3 is 5.11 Å². The van der Waals surface area contributed by atoms with Gasteiger partial charge in [0.25, 0.3) is 0 Å². The minimum absolute atomic E-state index is 0.378. The van der Waals surface area contributed by atoms with Gasteiger partial charge in [0.05, 0.1) is 17.3 Å². The molecule has 0 radical (unpaired) electrons. The maximum atomic E-state index is 10.9. The van der Waals surface area contributed by atoms with Gasteiger partial charge in [-0.3, -0.25) is 4.68 Å². The first-order valence-electron chi connectivity index (χ1n) is 8.33. The lowest BCUT2D eigenvalue weighted by Crippen LogP contribution is -2.43. The van der Waals surface area contributed by atoms with E-state index in [-0.39, 0.29) is 0 Å². The van der Waals surface area contributed by atoms with Gasteiger partial charge in [0.1, 0.15) is 0 Å². The molecule has 3 unspecified atom stereocenters. The molecule has 3 heteroatoms. The molecule has 2 saturated carbocycles. The van der Waals surface area contributed by atoms with Crippen LogP contribution in [0, 0.1) is 11.8 Å². The minimum atomic E-state index is -0.540. The molecule has 3 nitrogen and oxygen atoms in total. The number of rotatable bonds is 3. The van der Waals surface area contributed by atoms with Crippen LogP contribution in [0.4, 0.5) is 0 Å². The summed E-state index contributed by atoms with van der Waals surface area (Å²) in [5, 5.41) is 15.7. The highest BCUT2D eigenvalue weighted by Crippen LogP contribution is 2.38. The van der Waals surface area contributed by atoms with E-state index in [2.05, 4.69) is 30.8 Å². The maximum Gasteiger partial charge on any atom is 0.0729 e. The van der Waals surface area contributed by atoms with E-state index in [1.165, 1.54) is 25.7 Å². The Morgan fingerprint density at radius 3 is 2.75 bits per heavy atom. The molecule has 3 rings (SSSR count). The number of aliphatic hydroxyl groups is 1. The molecule has 0 aliphatic heterocycles. The highest BCUT2D eigenvalue weighted by molar-refractivity contribution is 5.07. The van der Waals surface area contributed by atoms with Crippen molar-refractivity contribution in [1.82, 2.24) is 9.78 Å². The molecule has 0 amide bonds. The van der Waals surface area contributed by atoms with E-state index in [0.29, 0.717) is 12.0 Å². The van der Waals surface area contributed by atoms with E-state index in [4.69, 9.17) is 5.10 Å². The Morgan fingerprint density at radius 2 is 2.05 bits per heavy atom. The van der Waals surface area contributed by atoms with Crippen molar-refractivity contribution < 1.29 is 5.11 Å². The van der Waals surface area contributed by atoms with Gasteiger partial charge in [-0.05, 0) is 50.0 Å². The highest BCUT2D eigenvalue weighted by Gasteiger charge is 2.38. The van der Waals surface area contributed by atoms with Crippen LogP contribution in [0.15, 0.2) is 12.3 Å². The second kappa shape index (κ2) is 5.51. The molecule has 0 aromatic carbocycles. The second-order valence-electron chi connectivity index (χ2n) is 7.29. The number of nitrogens with zero attached hydrogens (tertiary/aromatic N) is 2. The van der Waals surface area contributed by atoms with Gasteiger partial charge in [-0.25, -0.2) is 0 Å². The minimum Gasteiger partial charge on any atom is -0.389 e. The molecule has 1 aromatic heterocycles. The SMILES string of the molecule is CC1CCC(O)(Cc2ccn(C3CCCC3)n2)C(C)C1. The van der Waals surface area contributed by atoms with Crippen LogP contribution in [0.1, 0.15) is 70.5 Å². The van der Waals surface area contributed by atoms with E-state index in [9.17, 15) is 5.11 Å². The average Bonchev–Trinajstić information content (AvgIpc) is 3.05. The fourth-order valence-corrected chi connectivity index (χ4v) is 4.10. The summed E-state index contributed by atoms with van der Waals surface area (Å²) in [6.07, 6.45) is 11.2. The van der Waals surface area contributed by atoms with Crippen molar-refractivity contribution >= 4 is 0 Å². The molecule has 1 heterocycles. The van der Waals surface area contributed by atoms with E-state index < -0.39 is 5.60 Å². The van der Waals surface area contributed by atoms with Crippen molar-refractivity contribution in [1.29, 1.82) is 0 Å². The molecular formula is C17H28N2O. The normalized spacial score (nSPS) is 35.5. The molecule has 2 aliphatic rings. The summed E-state index contributed by atoms with van der Waals surface area (Å²) in [5.74, 6) is 1.13. The Bertz CT molecular complexity index is 450. The molecule has 0 saturated heterocycles. The first kappa shape index (κ1) is 14.1. The van der Waals surface area contributed by atoms with Crippen molar-refractivity contribution in [2.45, 2.75) is 76.9 Å². The smallest absolute Gasteiger partial charge is 0.0729 e. The Kier molecular flexibility index (Phi) is 3.89. The Balaban J connectivity index is 1.67. The Labute approximate surface area is 122 Å². The summed E-state index contributed by atoms with van der Waals surface area (Å²) in [7, 11) is 0. The van der Waals surface area contributed by atoms with E-state index in [0.717, 1.165) is 37.3 Å². The third-order valence-electron chi connectivity index (χ3n) is 5.59. The van der Waals surface area contributed by atoms with Gasteiger partial charge >= 0.3 is 0 Å². The zero-order chi connectivity index (χ0) is 14.2. The molecule has 0 bridgehead atoms. The zero-order valence-electron chi connectivity index (χ0n) is 12.9. The van der Waals surface area contributed by atoms with Crippen molar-refractivity contribution in [2.24, 2.45) is 11.8 Å². The summed E-state index contributed by atoms with van der Waals surface area (Å²) < 4.78 is 2.14. The maximum absolute atomic E-state index is 10.9. The van der Waals surface area contributed by atoms with Crippen molar-refractivity contribution in [2.75, 3.05) is 0 Å². The summed E-state index contributed by atoms with van der Waals surface area (Å²) in [6.45, 7) is 4.49. The van der Waals surface area contributed by atoms with Crippen LogP contribution < -0.4 is 0 Å². The fourth-order valence-electron chi connectivity index (χ4n) is 4.10. The lowest BCUT2D eigenvalue weighted by atomic mass is 9.70. The fraction of sp³-hybridized carbons (Fsp3) is 0.824. The quantitative estimate of drug-likeness (QED) is 0.913. The molecule has 3 atom stereocenters. The van der Waals surface area contributed by atoms with E-state index in [1.807, 2.05) is 0 Å². The largest absolute Gasteiger partial charge is 0.389 e. The molecule has 1 N–H and O–H groups in total. The van der Waals surface area contributed by atoms with Gasteiger partial charge in [-0.2, -0.15) is 5.10 Å². The highest BCUT2D eigenvalue weighted by atomic mass is 16.3. The van der Waals surface area contributed by atoms with Crippen molar-refractivity contribution in [3.63, 3.8) is 0 Å². The lowest BCUT2D eigenvalue weighted by molar-refractivity contribution is -0.0529. The summed E-state index contributed by atoms with van der Waals surface area (Å²) in [6, 6.07) is 2.71. The van der Waals surface area contributed by atoms with Crippen LogP contribution >= 0.6 is 0 Å². The van der Waals surface area contributed by atoms with Crippen molar-refractivity contribution in [3.05, 3.63) is 18.0 Å². The molecule has 0 spiro atoms. The first-order chi connectivity index (χ1) is 9.57. The lowest BCUT2D eigenvalue weighted by Gasteiger charge is -2.40. The van der Waals surface area contributed by atoms with Crippen LogP contribution in [0.3, 0.4) is 0 Å². The number of hydrogen-bond donors (Lipinski definition) is 1. The summed E-state index contributed by atoms with van der Waals surface area (Å²) >= 11 is 0. The monoisotopic (exact) mass is 276 g/mol. The van der Waals surface area contributed by atoms with Crippen LogP contribution in [0.25, 0.3) is 0 Å². The molecule has 20 heavy (non-hydrogen) atoms. The third kappa shape index (κ3) is 2.78. The molecule has 1 aromatic rings. The van der Waals surface area contributed by atoms with Gasteiger partial charge in [0, 0.05) is 12.6 Å². The standard InChI is InChI=1S/C17H28N2O/c1-13-7-9-17(20,14(2)11-13)12-15-8-10-19(18-15)16-5-3-4-6-16/h8,10,13-14,16,20H,3-7,9,11-12H2,1-2H3. The van der Waals surface area contributed by atoms with Gasteiger partial charge in [0.15, 0.2) is 0 Å². The van der Waals surface area contributed by atoms with Crippen LogP contribution in [-0.2, 0) is 6.42 Å². The molecule has 2 fully saturated rings. The molecule has 112 valence electrons. The predicted octanol–water partition coefficient (Wildman–Crippen LogP) is 3.73. The van der Waals surface area contributed by atoms with Crippen LogP contribution in [-0.4, -0.2) is 20.5 Å². The first-order valence-corrected chi connectivity index (χ1v) is 8.33. The topological polar surface area (TPSA) is 38.0 Å². The number of hydrogen-bond acceptors (Lipinski definition) is 2. The van der Waals surface area contributed by atoms with Gasteiger partial charge in [-0.15, -0.1) is 0 Å². The summed E-state index contributed by atoms with van der Waals surface area (Å²) in [5.41, 5.74) is 0.530. The summed E-state index contributed by atoms with van der Waals surface area (Å²) in [4.78, 5) is 0. The molecular weight excluding hydrogens is 248 g/mol. The van der Waals surface area contributed by atoms with Crippen LogP contribution in [0.5, 0.6) is 0 Å². The van der Waals surface area contributed by atoms with Gasteiger partial charge in [-0.1, -0.05) is 26.7 Å². The Morgan fingerprint density at radius 1 is 1.30 bits per heavy atom. The molecule has 2 aliphatic carbocycles. The third-order valence-corrected chi connectivity index (χ3v) is 5.59. The Hall–Kier alpha value is -0.830.